The Balaban J connectivity index is 0. The standard InChI is InChI=1S/C20H39NO7S.H3N/c1-2-3-4-5-6-7-8-9-10-11-12-13-14-15-16-27-20(24)18(17-19(22)23)29(25,26)28-21;/h18H,2-17H2,1,21H3;1H3/q+1;/p+2. The Labute approximate surface area is 182 Å². The van der Waals surface area contributed by atoms with Crippen molar-refractivity contribution in [3.05, 3.63) is 0 Å². The Hall–Kier alpha value is -1.07. The van der Waals surface area contributed by atoms with Crippen LogP contribution in [0.2, 0.25) is 0 Å². The van der Waals surface area contributed by atoms with Crippen LogP contribution >= 0.6 is 0 Å². The van der Waals surface area contributed by atoms with Crippen molar-refractivity contribution in [2.24, 2.45) is 0 Å². The van der Waals surface area contributed by atoms with Gasteiger partial charge in [-0.1, -0.05) is 90.4 Å². The van der Waals surface area contributed by atoms with Crippen molar-refractivity contribution in [2.75, 3.05) is 6.61 Å². The van der Waals surface area contributed by atoms with Crippen molar-refractivity contribution in [1.29, 1.82) is 0 Å². The van der Waals surface area contributed by atoms with Gasteiger partial charge in [0.1, 0.15) is 6.42 Å². The molecular weight excluding hydrogens is 412 g/mol. The molecule has 179 valence electrons. The summed E-state index contributed by atoms with van der Waals surface area (Å²) >= 11 is 0. The molecule has 0 aromatic heterocycles. The zero-order valence-electron chi connectivity index (χ0n) is 18.9. The van der Waals surface area contributed by atoms with Crippen LogP contribution < -0.4 is 12.0 Å². The van der Waals surface area contributed by atoms with Crippen molar-refractivity contribution in [2.45, 2.75) is 108 Å². The highest BCUT2D eigenvalue weighted by Gasteiger charge is 2.52. The van der Waals surface area contributed by atoms with E-state index in [4.69, 9.17) is 9.84 Å². The molecule has 0 aromatic carbocycles. The van der Waals surface area contributed by atoms with Gasteiger partial charge in [0.2, 0.25) is 0 Å². The minimum atomic E-state index is -4.39. The van der Waals surface area contributed by atoms with Crippen LogP contribution in [-0.4, -0.2) is 28.9 Å². The summed E-state index contributed by atoms with van der Waals surface area (Å²) in [5, 5.41) is 6.86. The summed E-state index contributed by atoms with van der Waals surface area (Å²) in [7, 11) is -4.39. The molecule has 0 rings (SSSR count). The van der Waals surface area contributed by atoms with Crippen molar-refractivity contribution >= 4 is 22.4 Å². The molecule has 0 aliphatic carbocycles. The Morgan fingerprint density at radius 2 is 1.27 bits per heavy atom. The van der Waals surface area contributed by atoms with Gasteiger partial charge in [-0.3, -0.25) is 4.79 Å². The fourth-order valence-corrected chi connectivity index (χ4v) is 3.92. The first-order valence-electron chi connectivity index (χ1n) is 10.9. The number of aliphatic carboxylic acids is 1. The fourth-order valence-electron chi connectivity index (χ4n) is 3.11. The zero-order valence-corrected chi connectivity index (χ0v) is 19.7. The van der Waals surface area contributed by atoms with Gasteiger partial charge in [0.25, 0.3) is 5.25 Å². The van der Waals surface area contributed by atoms with E-state index in [2.05, 4.69) is 17.1 Å². The molecule has 30 heavy (non-hydrogen) atoms. The molecule has 0 heterocycles. The van der Waals surface area contributed by atoms with E-state index < -0.39 is 34.1 Å². The molecule has 9 nitrogen and oxygen atoms in total. The summed E-state index contributed by atoms with van der Waals surface area (Å²) < 4.78 is 32.1. The lowest BCUT2D eigenvalue weighted by molar-refractivity contribution is -0.637. The minimum Gasteiger partial charge on any atom is -0.481 e. The summed E-state index contributed by atoms with van der Waals surface area (Å²) in [5.74, 6) is 0.223. The second-order valence-corrected chi connectivity index (χ2v) is 9.25. The van der Waals surface area contributed by atoms with Crippen LogP contribution in [0.25, 0.3) is 0 Å². The highest BCUT2D eigenvalue weighted by Crippen LogP contribution is 2.16. The lowest BCUT2D eigenvalue weighted by Crippen LogP contribution is -2.56. The predicted octanol–water partition coefficient (Wildman–Crippen LogP) is 4.16. The molecule has 1 radical (unpaired) electrons. The van der Waals surface area contributed by atoms with Gasteiger partial charge in [-0.05, 0) is 10.6 Å². The Morgan fingerprint density at radius 3 is 1.63 bits per heavy atom. The maximum absolute atomic E-state index is 11.8. The van der Waals surface area contributed by atoms with Crippen LogP contribution in [0, 0.1) is 0 Å². The van der Waals surface area contributed by atoms with Crippen LogP contribution in [0.15, 0.2) is 0 Å². The first-order valence-corrected chi connectivity index (χ1v) is 12.4. The molecule has 0 aromatic rings. The van der Waals surface area contributed by atoms with E-state index in [1.165, 1.54) is 64.2 Å². The summed E-state index contributed by atoms with van der Waals surface area (Å²) in [6.45, 7) is 2.30. The van der Waals surface area contributed by atoms with Crippen LogP contribution in [0.3, 0.4) is 0 Å². The quantitative estimate of drug-likeness (QED) is 0.107. The van der Waals surface area contributed by atoms with E-state index in [-0.39, 0.29) is 12.8 Å². The topological polar surface area (TPSA) is 174 Å². The SMILES string of the molecule is CCCCCCCCCCCCCCCCOC(=O)C(CC(=O)O)[S+]([O])(=O)O[NH3+].[NH4+]. The zero-order chi connectivity index (χ0) is 22.0. The third kappa shape index (κ3) is 16.7. The van der Waals surface area contributed by atoms with Crippen LogP contribution in [-0.2, 0) is 37.9 Å². The first-order chi connectivity index (χ1) is 13.8. The molecule has 2 unspecified atom stereocenters. The Kier molecular flexibility index (Phi) is 20.6. The molecule has 8 N–H and O–H groups in total. The third-order valence-corrected chi connectivity index (χ3v) is 6.26. The summed E-state index contributed by atoms with van der Waals surface area (Å²) in [4.78, 5) is 22.6. The number of rotatable bonds is 20. The number of unbranched alkanes of at least 4 members (excludes halogenated alkanes) is 13. The second kappa shape index (κ2) is 19.9. The molecule has 0 spiro atoms. The number of hydrogen-bond donors (Lipinski definition) is 3. The molecule has 0 saturated carbocycles. The molecule has 0 saturated heterocycles. The average molecular weight is 457 g/mol. The number of carbonyl (C=O) groups is 2. The highest BCUT2D eigenvalue weighted by molar-refractivity contribution is 7.94. The van der Waals surface area contributed by atoms with Gasteiger partial charge in [-0.2, -0.15) is 5.90 Å². The molecule has 0 fully saturated rings. The number of esters is 1. The van der Waals surface area contributed by atoms with Crippen molar-refractivity contribution in [3.63, 3.8) is 0 Å². The number of carbonyl (C=O) groups excluding carboxylic acids is 1. The molecular formula is C20H44N2O7S+3. The van der Waals surface area contributed by atoms with Crippen molar-refractivity contribution < 1.29 is 38.4 Å². The van der Waals surface area contributed by atoms with Gasteiger partial charge < -0.3 is 16.0 Å². The minimum absolute atomic E-state index is 0. The number of carboxylic acids is 1. The molecule has 0 bridgehead atoms. The summed E-state index contributed by atoms with van der Waals surface area (Å²) in [5.41, 5.74) is 0. The van der Waals surface area contributed by atoms with E-state index >= 15 is 0 Å². The van der Waals surface area contributed by atoms with E-state index in [1.807, 2.05) is 0 Å². The van der Waals surface area contributed by atoms with Crippen LogP contribution in [0.4, 0.5) is 0 Å². The number of ether oxygens (including phenoxy) is 1. The normalized spacial score (nSPS) is 13.8. The number of hydrogen-bond acceptors (Lipinski definition) is 5. The summed E-state index contributed by atoms with van der Waals surface area (Å²) in [6.07, 6.45) is 15.9. The smallest absolute Gasteiger partial charge is 0.463 e. The molecule has 2 atom stereocenters. The van der Waals surface area contributed by atoms with Crippen molar-refractivity contribution in [1.82, 2.24) is 6.15 Å². The van der Waals surface area contributed by atoms with E-state index in [9.17, 15) is 18.4 Å². The maximum Gasteiger partial charge on any atom is 0.463 e. The molecule has 10 heteroatoms. The van der Waals surface area contributed by atoms with Crippen molar-refractivity contribution in [3.8, 4) is 0 Å². The predicted molar refractivity (Wildman–Crippen MR) is 116 cm³/mol. The summed E-state index contributed by atoms with van der Waals surface area (Å²) in [6, 6.07) is 0. The third-order valence-electron chi connectivity index (χ3n) is 4.88. The lowest BCUT2D eigenvalue weighted by atomic mass is 10.0. The maximum atomic E-state index is 11.8. The molecule has 0 amide bonds. The van der Waals surface area contributed by atoms with Crippen LogP contribution in [0.5, 0.6) is 0 Å². The largest absolute Gasteiger partial charge is 0.481 e. The van der Waals surface area contributed by atoms with Gasteiger partial charge in [-0.15, -0.1) is 0 Å². The van der Waals surface area contributed by atoms with Gasteiger partial charge >= 0.3 is 22.4 Å². The van der Waals surface area contributed by atoms with Gasteiger partial charge in [0, 0.05) is 4.28 Å². The number of quaternary nitrogens is 2. The van der Waals surface area contributed by atoms with Crippen LogP contribution in [0.1, 0.15) is 103 Å². The fraction of sp³-hybridized carbons (Fsp3) is 0.900. The second-order valence-electron chi connectivity index (χ2n) is 7.46. The number of carboxylic acid groups (broad SMARTS) is 1. The van der Waals surface area contributed by atoms with E-state index in [0.717, 1.165) is 19.3 Å². The first kappa shape index (κ1) is 31.1. The lowest BCUT2D eigenvalue weighted by Gasteiger charge is -2.09. The van der Waals surface area contributed by atoms with Gasteiger partial charge in [0.15, 0.2) is 0 Å². The van der Waals surface area contributed by atoms with Gasteiger partial charge in [0.05, 0.1) is 11.2 Å². The average Bonchev–Trinajstić information content (AvgIpc) is 2.68. The monoisotopic (exact) mass is 456 g/mol. The van der Waals surface area contributed by atoms with Gasteiger partial charge in [-0.25, -0.2) is 4.79 Å². The van der Waals surface area contributed by atoms with E-state index in [0.29, 0.717) is 6.42 Å². The Morgan fingerprint density at radius 1 is 0.867 bits per heavy atom. The highest BCUT2D eigenvalue weighted by atomic mass is 32.3. The molecule has 0 aliphatic heterocycles. The van der Waals surface area contributed by atoms with E-state index in [1.54, 1.807) is 0 Å². The Bertz CT molecular complexity index is 492. The molecule has 0 aliphatic rings.